The average molecular weight is 224 g/mol. The predicted molar refractivity (Wildman–Crippen MR) is 62.0 cm³/mol. The van der Waals surface area contributed by atoms with Crippen molar-refractivity contribution < 1.29 is 0 Å². The molecule has 72 valence electrons. The fraction of sp³-hybridized carbons (Fsp3) is 0. The molecule has 1 aromatic heterocycles. The van der Waals surface area contributed by atoms with Crippen molar-refractivity contribution in [3.63, 3.8) is 0 Å². The Morgan fingerprint density at radius 1 is 1.57 bits per heavy atom. The second-order valence-electron chi connectivity index (χ2n) is 2.78. The third-order valence-corrected chi connectivity index (χ3v) is 2.74. The van der Waals surface area contributed by atoms with Crippen molar-refractivity contribution >= 4 is 39.3 Å². The third-order valence-electron chi connectivity index (χ3n) is 1.86. The Balaban J connectivity index is 2.59. The molecule has 1 aromatic carbocycles. The number of rotatable bonds is 2. The molecule has 4 nitrogen and oxygen atoms in total. The van der Waals surface area contributed by atoms with Gasteiger partial charge in [0.2, 0.25) is 0 Å². The van der Waals surface area contributed by atoms with Gasteiger partial charge in [0.15, 0.2) is 5.16 Å². The number of nitrogens with two attached hydrogens (primary N) is 1. The fourth-order valence-electron chi connectivity index (χ4n) is 1.20. The van der Waals surface area contributed by atoms with Crippen LogP contribution in [0.15, 0.2) is 23.4 Å². The van der Waals surface area contributed by atoms with Gasteiger partial charge in [0.1, 0.15) is 5.84 Å². The zero-order chi connectivity index (χ0) is 10.1. The Morgan fingerprint density at radius 2 is 2.36 bits per heavy atom. The topological polar surface area (TPSA) is 78.6 Å². The summed E-state index contributed by atoms with van der Waals surface area (Å²) in [5.41, 5.74) is 7.79. The summed E-state index contributed by atoms with van der Waals surface area (Å²) in [4.78, 5) is 7.32. The van der Waals surface area contributed by atoms with Crippen LogP contribution in [-0.2, 0) is 0 Å². The van der Waals surface area contributed by atoms with Crippen LogP contribution < -0.4 is 5.73 Å². The number of H-pyrrole nitrogens is 1. The molecule has 2 rings (SSSR count). The smallest absolute Gasteiger partial charge is 0.176 e. The molecule has 0 saturated heterocycles. The van der Waals surface area contributed by atoms with Gasteiger partial charge in [-0.25, -0.2) is 4.98 Å². The lowest BCUT2D eigenvalue weighted by Gasteiger charge is -1.95. The van der Waals surface area contributed by atoms with E-state index in [0.717, 1.165) is 16.2 Å². The number of thiol groups is 1. The Hall–Kier alpha value is -1.14. The number of hydrogen-bond donors (Lipinski definition) is 4. The summed E-state index contributed by atoms with van der Waals surface area (Å²) in [6.07, 6.45) is 0. The molecule has 0 atom stereocenters. The number of nitrogens with one attached hydrogen (secondary N) is 2. The number of fused-ring (bicyclic) bond motifs is 1. The molecule has 0 spiro atoms. The number of nitrogen functional groups attached to an aromatic ring is 1. The Labute approximate surface area is 89.6 Å². The van der Waals surface area contributed by atoms with E-state index < -0.39 is 0 Å². The molecular formula is C8H8N4S2. The van der Waals surface area contributed by atoms with Crippen LogP contribution >= 0.6 is 22.5 Å². The minimum Gasteiger partial charge on any atom is -0.384 e. The van der Waals surface area contributed by atoms with Gasteiger partial charge in [-0.1, -0.05) is 0 Å². The number of benzene rings is 1. The molecule has 0 saturated carbocycles. The summed E-state index contributed by atoms with van der Waals surface area (Å²) in [5.74, 6) is 0.0570. The Bertz CT molecular complexity index is 491. The second-order valence-corrected chi connectivity index (χ2v) is 3.90. The maximum Gasteiger partial charge on any atom is 0.176 e. The van der Waals surface area contributed by atoms with Crippen molar-refractivity contribution in [2.75, 3.05) is 0 Å². The molecule has 0 amide bonds. The number of nitrogens with zero attached hydrogens (tertiary/aromatic N) is 1. The van der Waals surface area contributed by atoms with Gasteiger partial charge in [0, 0.05) is 5.56 Å². The highest BCUT2D eigenvalue weighted by molar-refractivity contribution is 8.68. The summed E-state index contributed by atoms with van der Waals surface area (Å²) in [7, 11) is 1.25. The summed E-state index contributed by atoms with van der Waals surface area (Å²) in [5, 5.41) is 8.03. The van der Waals surface area contributed by atoms with Crippen LogP contribution in [0.1, 0.15) is 5.56 Å². The quantitative estimate of drug-likeness (QED) is 0.272. The van der Waals surface area contributed by atoms with Gasteiger partial charge in [0.05, 0.1) is 11.0 Å². The number of imidazole rings is 1. The number of amidine groups is 1. The predicted octanol–water partition coefficient (Wildman–Crippen LogP) is 1.78. The highest BCUT2D eigenvalue weighted by Gasteiger charge is 2.03. The second kappa shape index (κ2) is 3.55. The molecule has 6 heteroatoms. The third kappa shape index (κ3) is 1.58. The number of aromatic amines is 1. The minimum absolute atomic E-state index is 0.0570. The molecule has 1 heterocycles. The lowest BCUT2D eigenvalue weighted by molar-refractivity contribution is 1.09. The van der Waals surface area contributed by atoms with Gasteiger partial charge in [-0.15, -0.1) is 11.7 Å². The van der Waals surface area contributed by atoms with Crippen molar-refractivity contribution in [2.24, 2.45) is 5.73 Å². The first-order valence-corrected chi connectivity index (χ1v) is 5.73. The van der Waals surface area contributed by atoms with Gasteiger partial charge in [-0.05, 0) is 29.0 Å². The fourth-order valence-corrected chi connectivity index (χ4v) is 1.75. The monoisotopic (exact) mass is 224 g/mol. The maximum atomic E-state index is 7.29. The Morgan fingerprint density at radius 3 is 3.00 bits per heavy atom. The molecular weight excluding hydrogens is 216 g/mol. The normalized spacial score (nSPS) is 10.6. The van der Waals surface area contributed by atoms with Gasteiger partial charge in [0.25, 0.3) is 0 Å². The highest BCUT2D eigenvalue weighted by Crippen LogP contribution is 2.22. The maximum absolute atomic E-state index is 7.29. The van der Waals surface area contributed by atoms with Gasteiger partial charge >= 0.3 is 0 Å². The molecule has 0 bridgehead atoms. The number of hydrogen-bond acceptors (Lipinski definition) is 4. The average Bonchev–Trinajstić information content (AvgIpc) is 2.58. The summed E-state index contributed by atoms with van der Waals surface area (Å²) >= 11 is 4.04. The molecule has 0 unspecified atom stereocenters. The molecule has 0 aliphatic carbocycles. The van der Waals surface area contributed by atoms with E-state index in [1.165, 1.54) is 10.8 Å². The summed E-state index contributed by atoms with van der Waals surface area (Å²) in [6, 6.07) is 5.41. The molecule has 0 aliphatic heterocycles. The largest absolute Gasteiger partial charge is 0.384 e. The van der Waals surface area contributed by atoms with E-state index in [2.05, 4.69) is 21.6 Å². The Kier molecular flexibility index (Phi) is 2.39. The van der Waals surface area contributed by atoms with E-state index in [-0.39, 0.29) is 5.84 Å². The first-order chi connectivity index (χ1) is 6.70. The van der Waals surface area contributed by atoms with Crippen LogP contribution in [0.3, 0.4) is 0 Å². The standard InChI is InChI=1S/C8H8N4S2/c9-7(10)4-1-2-5-6(3-4)12-8(11-5)14-13/h1-3,13H,(H3,9,10)(H,11,12). The van der Waals surface area contributed by atoms with E-state index in [4.69, 9.17) is 11.1 Å². The minimum atomic E-state index is 0.0570. The van der Waals surface area contributed by atoms with Crippen LogP contribution in [0.25, 0.3) is 11.0 Å². The van der Waals surface area contributed by atoms with E-state index >= 15 is 0 Å². The molecule has 14 heavy (non-hydrogen) atoms. The van der Waals surface area contributed by atoms with Crippen LogP contribution in [-0.4, -0.2) is 15.8 Å². The van der Waals surface area contributed by atoms with Crippen molar-refractivity contribution in [1.82, 2.24) is 9.97 Å². The molecule has 0 fully saturated rings. The summed E-state index contributed by atoms with van der Waals surface area (Å²) < 4.78 is 0. The van der Waals surface area contributed by atoms with Crippen LogP contribution in [0.5, 0.6) is 0 Å². The lowest BCUT2D eigenvalue weighted by Crippen LogP contribution is -2.10. The van der Waals surface area contributed by atoms with E-state index in [9.17, 15) is 0 Å². The van der Waals surface area contributed by atoms with Crippen LogP contribution in [0.4, 0.5) is 0 Å². The van der Waals surface area contributed by atoms with Crippen molar-refractivity contribution in [3.8, 4) is 0 Å². The van der Waals surface area contributed by atoms with E-state index in [0.29, 0.717) is 5.56 Å². The zero-order valence-electron chi connectivity index (χ0n) is 7.11. The molecule has 4 N–H and O–H groups in total. The van der Waals surface area contributed by atoms with E-state index in [1.807, 2.05) is 6.07 Å². The van der Waals surface area contributed by atoms with Crippen LogP contribution in [0.2, 0.25) is 0 Å². The molecule has 0 radical (unpaired) electrons. The zero-order valence-corrected chi connectivity index (χ0v) is 8.82. The van der Waals surface area contributed by atoms with Crippen LogP contribution in [0, 0.1) is 5.41 Å². The van der Waals surface area contributed by atoms with Crippen molar-refractivity contribution in [1.29, 1.82) is 5.41 Å². The SMILES string of the molecule is N=C(N)c1ccc2nc(SS)[nH]c2c1. The van der Waals surface area contributed by atoms with Crippen molar-refractivity contribution in [3.05, 3.63) is 23.8 Å². The van der Waals surface area contributed by atoms with Crippen molar-refractivity contribution in [2.45, 2.75) is 5.16 Å². The first-order valence-electron chi connectivity index (χ1n) is 3.86. The molecule has 0 aliphatic rings. The highest BCUT2D eigenvalue weighted by atomic mass is 33.1. The molecule has 2 aromatic rings. The van der Waals surface area contributed by atoms with E-state index in [1.54, 1.807) is 12.1 Å². The van der Waals surface area contributed by atoms with Gasteiger partial charge in [-0.3, -0.25) is 5.41 Å². The summed E-state index contributed by atoms with van der Waals surface area (Å²) in [6.45, 7) is 0. The number of aromatic nitrogens is 2. The van der Waals surface area contributed by atoms with Gasteiger partial charge < -0.3 is 10.7 Å². The first kappa shape index (κ1) is 9.42. The lowest BCUT2D eigenvalue weighted by atomic mass is 10.2. The van der Waals surface area contributed by atoms with Gasteiger partial charge in [-0.2, -0.15) is 0 Å².